The molecule has 3 rings (SSSR count). The largest absolute Gasteiger partial charge is 0.489 e. The van der Waals surface area contributed by atoms with Gasteiger partial charge >= 0.3 is 0 Å². The van der Waals surface area contributed by atoms with Crippen LogP contribution in [-0.2, 0) is 34.6 Å². The van der Waals surface area contributed by atoms with Crippen LogP contribution in [-0.4, -0.2) is 41.4 Å². The molecule has 0 fully saturated rings. The molecular weight excluding hydrogens is 546 g/mol. The van der Waals surface area contributed by atoms with Gasteiger partial charge in [-0.1, -0.05) is 101 Å². The summed E-state index contributed by atoms with van der Waals surface area (Å²) in [5, 5.41) is 6.20. The second kappa shape index (κ2) is 15.4. The van der Waals surface area contributed by atoms with Crippen molar-refractivity contribution >= 4 is 11.8 Å². The van der Waals surface area contributed by atoms with Gasteiger partial charge in [0.15, 0.2) is 0 Å². The molecule has 0 aromatic heterocycles. The molecule has 3 aromatic rings. The molecule has 6 heteroatoms. The van der Waals surface area contributed by atoms with Gasteiger partial charge in [0.05, 0.1) is 6.04 Å². The van der Waals surface area contributed by atoms with E-state index in [1.54, 1.807) is 0 Å². The maximum Gasteiger partial charge on any atom is 0.243 e. The fourth-order valence-electron chi connectivity index (χ4n) is 5.07. The van der Waals surface area contributed by atoms with Crippen molar-refractivity contribution in [3.8, 4) is 5.75 Å². The summed E-state index contributed by atoms with van der Waals surface area (Å²) in [5.41, 5.74) is 4.13. The van der Waals surface area contributed by atoms with Crippen LogP contribution in [0.5, 0.6) is 5.75 Å². The third-order valence-electron chi connectivity index (χ3n) is 7.52. The number of amides is 2. The molecule has 6 nitrogen and oxygen atoms in total. The number of hydrogen-bond acceptors (Lipinski definition) is 4. The van der Waals surface area contributed by atoms with E-state index >= 15 is 0 Å². The Hall–Kier alpha value is -3.64. The number of likely N-dealkylation sites (N-methyl/N-ethyl adjacent to an activating group) is 1. The highest BCUT2D eigenvalue weighted by atomic mass is 16.5. The molecule has 2 amide bonds. The summed E-state index contributed by atoms with van der Waals surface area (Å²) >= 11 is 0. The maximum absolute atomic E-state index is 13.9. The van der Waals surface area contributed by atoms with Crippen molar-refractivity contribution in [1.82, 2.24) is 15.5 Å². The number of nitrogens with zero attached hydrogens (tertiary/aromatic N) is 1. The van der Waals surface area contributed by atoms with E-state index < -0.39 is 11.6 Å². The molecule has 0 bridgehead atoms. The number of rotatable bonds is 13. The molecule has 0 unspecified atom stereocenters. The summed E-state index contributed by atoms with van der Waals surface area (Å²) in [6.07, 6.45) is 1.06. The zero-order valence-corrected chi connectivity index (χ0v) is 28.2. The first-order valence-corrected chi connectivity index (χ1v) is 15.8. The van der Waals surface area contributed by atoms with Gasteiger partial charge in [-0.05, 0) is 80.0 Å². The van der Waals surface area contributed by atoms with Crippen LogP contribution in [0.25, 0.3) is 0 Å². The van der Waals surface area contributed by atoms with E-state index in [-0.39, 0.29) is 23.3 Å². The van der Waals surface area contributed by atoms with E-state index in [0.717, 1.165) is 22.4 Å². The molecule has 2 atom stereocenters. The number of ether oxygens (including phenoxy) is 1. The van der Waals surface area contributed by atoms with Gasteiger partial charge in [-0.25, -0.2) is 0 Å². The minimum absolute atomic E-state index is 0.0860. The van der Waals surface area contributed by atoms with Crippen LogP contribution in [0.4, 0.5) is 0 Å². The number of carbonyl (C=O) groups excluding carboxylic acids is 2. The third-order valence-corrected chi connectivity index (χ3v) is 7.52. The van der Waals surface area contributed by atoms with Crippen molar-refractivity contribution in [3.63, 3.8) is 0 Å². The van der Waals surface area contributed by atoms with Crippen LogP contribution in [0.15, 0.2) is 78.9 Å². The van der Waals surface area contributed by atoms with Gasteiger partial charge < -0.3 is 15.4 Å². The van der Waals surface area contributed by atoms with Crippen molar-refractivity contribution in [2.24, 2.45) is 5.92 Å². The predicted molar refractivity (Wildman–Crippen MR) is 181 cm³/mol. The van der Waals surface area contributed by atoms with Crippen LogP contribution in [0.3, 0.4) is 0 Å². The zero-order valence-electron chi connectivity index (χ0n) is 28.2. The van der Waals surface area contributed by atoms with E-state index in [9.17, 15) is 9.59 Å². The van der Waals surface area contributed by atoms with Crippen LogP contribution in [0.1, 0.15) is 84.1 Å². The lowest BCUT2D eigenvalue weighted by atomic mass is 9.86. The Labute approximate surface area is 265 Å². The van der Waals surface area contributed by atoms with Gasteiger partial charge in [-0.2, -0.15) is 0 Å². The summed E-state index contributed by atoms with van der Waals surface area (Å²) in [5.74, 6) is 0.733. The first-order chi connectivity index (χ1) is 20.6. The second-order valence-corrected chi connectivity index (χ2v) is 14.4. The lowest BCUT2D eigenvalue weighted by molar-refractivity contribution is -0.132. The van der Waals surface area contributed by atoms with Crippen molar-refractivity contribution in [2.45, 2.75) is 104 Å². The minimum atomic E-state index is -0.716. The predicted octanol–water partition coefficient (Wildman–Crippen LogP) is 7.05. The fraction of sp³-hybridized carbons (Fsp3) is 0.474. The van der Waals surface area contributed by atoms with E-state index in [4.69, 9.17) is 4.74 Å². The minimum Gasteiger partial charge on any atom is -0.489 e. The molecular formula is C38H53N3O3. The molecule has 44 heavy (non-hydrogen) atoms. The van der Waals surface area contributed by atoms with Crippen molar-refractivity contribution in [1.29, 1.82) is 0 Å². The van der Waals surface area contributed by atoms with Crippen LogP contribution >= 0.6 is 0 Å². The molecule has 0 aliphatic carbocycles. The number of carbonyl (C=O) groups is 2. The smallest absolute Gasteiger partial charge is 0.243 e. The van der Waals surface area contributed by atoms with Crippen LogP contribution in [0, 0.1) is 5.92 Å². The highest BCUT2D eigenvalue weighted by Crippen LogP contribution is 2.23. The van der Waals surface area contributed by atoms with Crippen LogP contribution < -0.4 is 15.4 Å². The standard InChI is InChI=1S/C38H53N3O3/c1-27(2)23-34(41(9)25-29-15-19-31(20-16-29)37(3,4)5)36(43)39-33(35(42)40-38(6,7)8)24-28-17-21-32(22-18-28)44-26-30-13-11-10-12-14-30/h10-22,27,33-34H,23-26H2,1-9H3,(H,39,43)(H,40,42)/t33-,34+/m0/s1. The molecule has 3 aromatic carbocycles. The Morgan fingerprint density at radius 2 is 1.36 bits per heavy atom. The monoisotopic (exact) mass is 599 g/mol. The van der Waals surface area contributed by atoms with Crippen LogP contribution in [0.2, 0.25) is 0 Å². The molecule has 0 saturated carbocycles. The topological polar surface area (TPSA) is 70.7 Å². The fourth-order valence-corrected chi connectivity index (χ4v) is 5.07. The van der Waals surface area contributed by atoms with Gasteiger partial charge in [-0.15, -0.1) is 0 Å². The Morgan fingerprint density at radius 1 is 0.773 bits per heavy atom. The Balaban J connectivity index is 1.74. The summed E-state index contributed by atoms with van der Waals surface area (Å²) in [7, 11) is 1.99. The number of benzene rings is 3. The summed E-state index contributed by atoms with van der Waals surface area (Å²) < 4.78 is 5.94. The molecule has 0 radical (unpaired) electrons. The Bertz CT molecular complexity index is 1320. The van der Waals surface area contributed by atoms with Gasteiger partial charge in [0.25, 0.3) is 0 Å². The average Bonchev–Trinajstić information content (AvgIpc) is 2.94. The maximum atomic E-state index is 13.9. The average molecular weight is 600 g/mol. The molecule has 0 aliphatic rings. The Kier molecular flexibility index (Phi) is 12.2. The second-order valence-electron chi connectivity index (χ2n) is 14.4. The van der Waals surface area contributed by atoms with E-state index in [1.807, 2.05) is 82.4 Å². The van der Waals surface area contributed by atoms with Gasteiger partial charge in [0.1, 0.15) is 18.4 Å². The summed E-state index contributed by atoms with van der Waals surface area (Å²) in [6, 6.07) is 25.3. The first kappa shape index (κ1) is 34.8. The molecule has 0 spiro atoms. The third kappa shape index (κ3) is 11.5. The zero-order chi connectivity index (χ0) is 32.5. The van der Waals surface area contributed by atoms with Crippen molar-refractivity contribution < 1.29 is 14.3 Å². The summed E-state index contributed by atoms with van der Waals surface area (Å²) in [6.45, 7) is 17.8. The Morgan fingerprint density at radius 3 is 1.91 bits per heavy atom. The van der Waals surface area contributed by atoms with Crippen molar-refractivity contribution in [3.05, 3.63) is 101 Å². The highest BCUT2D eigenvalue weighted by molar-refractivity contribution is 5.90. The van der Waals surface area contributed by atoms with Gasteiger partial charge in [0, 0.05) is 18.5 Å². The van der Waals surface area contributed by atoms with E-state index in [2.05, 4.69) is 74.4 Å². The summed E-state index contributed by atoms with van der Waals surface area (Å²) in [4.78, 5) is 29.5. The lowest BCUT2D eigenvalue weighted by Gasteiger charge is -2.31. The molecule has 238 valence electrons. The lowest BCUT2D eigenvalue weighted by Crippen LogP contribution is -2.56. The number of hydrogen-bond donors (Lipinski definition) is 2. The van der Waals surface area contributed by atoms with E-state index in [0.29, 0.717) is 31.9 Å². The quantitative estimate of drug-likeness (QED) is 0.221. The molecule has 2 N–H and O–H groups in total. The normalized spacial score (nSPS) is 13.4. The van der Waals surface area contributed by atoms with Gasteiger partial charge in [0.2, 0.25) is 11.8 Å². The first-order valence-electron chi connectivity index (χ1n) is 15.8. The van der Waals surface area contributed by atoms with Crippen molar-refractivity contribution in [2.75, 3.05) is 7.05 Å². The SMILES string of the molecule is CC(C)C[C@H](C(=O)N[C@@H](Cc1ccc(OCc2ccccc2)cc1)C(=O)NC(C)(C)C)N(C)Cc1ccc(C(C)(C)C)cc1. The number of nitrogens with one attached hydrogen (secondary N) is 2. The van der Waals surface area contributed by atoms with E-state index in [1.165, 1.54) is 5.56 Å². The highest BCUT2D eigenvalue weighted by Gasteiger charge is 2.30. The molecule has 0 saturated heterocycles. The van der Waals surface area contributed by atoms with Gasteiger partial charge in [-0.3, -0.25) is 14.5 Å². The molecule has 0 heterocycles. The molecule has 0 aliphatic heterocycles.